The number of tetrazole rings is 1. The maximum atomic E-state index is 9.62. The molecule has 1 N–H and O–H groups in total. The predicted octanol–water partition coefficient (Wildman–Crippen LogP) is 17.5. The number of hydrogen-bond donors (Lipinski definition) is 1. The lowest BCUT2D eigenvalue weighted by molar-refractivity contribution is 0.0702. The van der Waals surface area contributed by atoms with Gasteiger partial charge in [0.15, 0.2) is 14.8 Å². The number of ether oxygens (including phenoxy) is 2. The third kappa shape index (κ3) is 24.0. The maximum Gasteiger partial charge on any atom is 0.259 e. The SMILES string of the molecule is CC(C)N(C(C)C)P(OCCC#N)N(C(C)C)C(C)C.CC(C)N(C(C)C)n1cnnn1.CC[C@@H](O)CCOCc1c2ccccc2cc2ccccc12.CC[C@H](CCOCc1c2ccccc2cc2ccccc12)OP(OCCC#N)N(C(C)C)C(C)C. The number of rotatable bonds is 32. The van der Waals surface area contributed by atoms with E-state index >= 15 is 0 Å². The molecule has 89 heavy (non-hydrogen) atoms. The zero-order chi connectivity index (χ0) is 65.6. The Balaban J connectivity index is 0.000000271. The summed E-state index contributed by atoms with van der Waals surface area (Å²) >= 11 is 0. The van der Waals surface area contributed by atoms with Gasteiger partial charge in [0.2, 0.25) is 0 Å². The molecule has 0 bridgehead atoms. The van der Waals surface area contributed by atoms with E-state index < -0.39 is 17.0 Å². The van der Waals surface area contributed by atoms with Crippen LogP contribution in [0.5, 0.6) is 0 Å². The molecule has 1 aromatic heterocycles. The summed E-state index contributed by atoms with van der Waals surface area (Å²) in [7, 11) is -2.09. The van der Waals surface area contributed by atoms with E-state index in [-0.39, 0.29) is 24.3 Å². The topological polar surface area (TPSA) is 171 Å². The molecule has 6 aromatic carbocycles. The van der Waals surface area contributed by atoms with Crippen molar-refractivity contribution in [2.45, 2.75) is 237 Å². The van der Waals surface area contributed by atoms with E-state index in [1.165, 1.54) is 54.2 Å². The van der Waals surface area contributed by atoms with E-state index in [9.17, 15) is 5.11 Å². The van der Waals surface area contributed by atoms with Crippen LogP contribution < -0.4 is 5.01 Å². The Morgan fingerprint density at radius 3 is 1.21 bits per heavy atom. The Kier molecular flexibility index (Phi) is 34.7. The number of aliphatic hydroxyl groups excluding tert-OH is 1. The number of benzene rings is 6. The fourth-order valence-electron chi connectivity index (χ4n) is 11.0. The average molecular weight is 1260 g/mol. The summed E-state index contributed by atoms with van der Waals surface area (Å²) in [5.74, 6) is 0. The Hall–Kier alpha value is -5.29. The van der Waals surface area contributed by atoms with Gasteiger partial charge >= 0.3 is 0 Å². The number of hydrogen-bond acceptors (Lipinski definition) is 15. The number of aliphatic hydroxyl groups is 1. The first-order valence-electron chi connectivity index (χ1n) is 32.4. The third-order valence-electron chi connectivity index (χ3n) is 14.8. The van der Waals surface area contributed by atoms with Gasteiger partial charge < -0.3 is 28.2 Å². The lowest BCUT2D eigenvalue weighted by atomic mass is 9.97. The third-order valence-corrected chi connectivity index (χ3v) is 20.1. The van der Waals surface area contributed by atoms with Crippen molar-refractivity contribution in [1.29, 1.82) is 10.5 Å². The van der Waals surface area contributed by atoms with Gasteiger partial charge in [-0.1, -0.05) is 111 Å². The summed E-state index contributed by atoms with van der Waals surface area (Å²) in [6, 6.07) is 45.8. The smallest absolute Gasteiger partial charge is 0.259 e. The van der Waals surface area contributed by atoms with E-state index in [2.05, 4.69) is 274 Å². The van der Waals surface area contributed by atoms with Crippen molar-refractivity contribution in [2.24, 2.45) is 0 Å². The first-order chi connectivity index (χ1) is 42.6. The van der Waals surface area contributed by atoms with Crippen LogP contribution in [0.3, 0.4) is 0 Å². The van der Waals surface area contributed by atoms with E-state index in [1.54, 1.807) is 11.1 Å². The molecule has 0 saturated heterocycles. The van der Waals surface area contributed by atoms with Crippen molar-refractivity contribution in [2.75, 3.05) is 31.4 Å². The lowest BCUT2D eigenvalue weighted by Crippen LogP contribution is -2.46. The van der Waals surface area contributed by atoms with Gasteiger partial charge in [-0.3, -0.25) is 5.01 Å². The van der Waals surface area contributed by atoms with Gasteiger partial charge in [0, 0.05) is 61.5 Å². The number of nitrogens with zero attached hydrogens (tertiary/aromatic N) is 10. The molecule has 0 aliphatic carbocycles. The van der Waals surface area contributed by atoms with E-state index in [1.807, 2.05) is 6.92 Å². The molecule has 0 aliphatic heterocycles. The molecule has 0 fully saturated rings. The summed E-state index contributed by atoms with van der Waals surface area (Å²) in [6.07, 6.45) is 5.35. The van der Waals surface area contributed by atoms with Gasteiger partial charge in [-0.15, -0.1) is 9.89 Å². The molecule has 3 atom stereocenters. The molecular formula is C71H108N10O6P2. The number of fused-ring (bicyclic) bond motifs is 4. The summed E-state index contributed by atoms with van der Waals surface area (Å²) in [5, 5.41) is 50.4. The standard InChI is InChI=1S/C29H39N2O3P.C20H22O2.C15H32N3OP.C7H15N5/c1-6-26(34-35(33-18-11-17-30)31(22(2)3)23(4)5)16-19-32-21-29-27-14-9-7-12-24(27)20-25-13-8-10-15-28(25)29;1-2-17(21)11-12-22-14-20-18-9-5-3-7-15(18)13-16-8-4-6-10-19(16)20;1-12(2)17(13(3)4)20(19-11-9-10-16)18(14(5)6)15(7)8;1-6(2)12(7(3)4)11-5-8-9-10-11/h7-10,12-15,20,22-23,26H,6,11,16,18-19,21H2,1-5H3;3-10,13,17,21H,2,11-12,14H2,1H3;12-15H,9,11H2,1-8H3;5-7H,1-4H3/t26-,35?;17-;;/m11../s1. The molecule has 488 valence electrons. The quantitative estimate of drug-likeness (QED) is 0.0240. The van der Waals surface area contributed by atoms with Crippen LogP contribution in [-0.2, 0) is 36.3 Å². The second-order valence-electron chi connectivity index (χ2n) is 24.4. The van der Waals surface area contributed by atoms with Crippen LogP contribution in [0.25, 0.3) is 43.1 Å². The summed E-state index contributed by atoms with van der Waals surface area (Å²) < 4.78 is 38.0. The van der Waals surface area contributed by atoms with Crippen LogP contribution in [0.4, 0.5) is 0 Å². The zero-order valence-corrected chi connectivity index (χ0v) is 58.9. The van der Waals surface area contributed by atoms with Gasteiger partial charge in [-0.05, 0) is 213 Å². The highest BCUT2D eigenvalue weighted by Gasteiger charge is 2.34. The van der Waals surface area contributed by atoms with Crippen molar-refractivity contribution < 1.29 is 28.2 Å². The van der Waals surface area contributed by atoms with Crippen LogP contribution in [0.1, 0.15) is 174 Å². The molecule has 16 nitrogen and oxygen atoms in total. The largest absolute Gasteiger partial charge is 0.393 e. The van der Waals surface area contributed by atoms with Crippen LogP contribution in [-0.4, -0.2) is 126 Å². The summed E-state index contributed by atoms with van der Waals surface area (Å²) in [5.41, 5.74) is 2.47. The lowest BCUT2D eigenvalue weighted by Gasteiger charge is -2.45. The second-order valence-corrected chi connectivity index (χ2v) is 27.5. The van der Waals surface area contributed by atoms with Gasteiger partial charge in [0.05, 0.1) is 63.6 Å². The fourth-order valence-corrected chi connectivity index (χ4v) is 15.2. The molecule has 0 saturated carbocycles. The van der Waals surface area contributed by atoms with E-state index in [0.717, 1.165) is 19.3 Å². The maximum absolute atomic E-state index is 9.62. The minimum absolute atomic E-state index is 0.0347. The normalized spacial score (nSPS) is 12.9. The molecular weight excluding hydrogens is 1150 g/mol. The second kappa shape index (κ2) is 40.5. The molecule has 7 rings (SSSR count). The average Bonchev–Trinajstić information content (AvgIpc) is 1.35. The molecule has 1 heterocycles. The van der Waals surface area contributed by atoms with Gasteiger partial charge in [0.1, 0.15) is 0 Å². The van der Waals surface area contributed by atoms with E-state index in [0.29, 0.717) is 95.2 Å². The molecule has 1 unspecified atom stereocenters. The van der Waals surface area contributed by atoms with Crippen molar-refractivity contribution in [1.82, 2.24) is 34.3 Å². The highest BCUT2D eigenvalue weighted by atomic mass is 31.2. The summed E-state index contributed by atoms with van der Waals surface area (Å²) in [4.78, 5) is 1.68. The van der Waals surface area contributed by atoms with E-state index in [4.69, 9.17) is 33.6 Å². The van der Waals surface area contributed by atoms with Crippen molar-refractivity contribution in [3.63, 3.8) is 0 Å². The minimum atomic E-state index is -1.24. The summed E-state index contributed by atoms with van der Waals surface area (Å²) in [6.45, 7) is 42.1. The van der Waals surface area contributed by atoms with Crippen molar-refractivity contribution in [3.8, 4) is 12.1 Å². The Bertz CT molecular complexity index is 3010. The van der Waals surface area contributed by atoms with Crippen molar-refractivity contribution in [3.05, 3.63) is 127 Å². The zero-order valence-electron chi connectivity index (χ0n) is 57.1. The van der Waals surface area contributed by atoms with Gasteiger partial charge in [-0.25, -0.2) is 14.0 Å². The Morgan fingerprint density at radius 2 is 0.876 bits per heavy atom. The highest BCUT2D eigenvalue weighted by Crippen LogP contribution is 2.51. The first kappa shape index (κ1) is 76.2. The van der Waals surface area contributed by atoms with Crippen LogP contribution in [0.2, 0.25) is 0 Å². The van der Waals surface area contributed by atoms with Crippen LogP contribution >= 0.6 is 17.0 Å². The van der Waals surface area contributed by atoms with Crippen LogP contribution in [0, 0.1) is 22.7 Å². The Morgan fingerprint density at radius 1 is 0.494 bits per heavy atom. The first-order valence-corrected chi connectivity index (χ1v) is 34.7. The Labute approximate surface area is 537 Å². The fraction of sp³-hybridized carbons (Fsp3) is 0.563. The molecule has 18 heteroatoms. The molecule has 0 radical (unpaired) electrons. The minimum Gasteiger partial charge on any atom is -0.393 e. The molecule has 0 spiro atoms. The highest BCUT2D eigenvalue weighted by molar-refractivity contribution is 7.47. The molecule has 0 aliphatic rings. The van der Waals surface area contributed by atoms with Crippen LogP contribution in [0.15, 0.2) is 116 Å². The number of nitriles is 2. The van der Waals surface area contributed by atoms with Gasteiger partial charge in [-0.2, -0.15) is 10.5 Å². The molecule has 7 aromatic rings. The number of aromatic nitrogens is 4. The molecule has 0 amide bonds. The van der Waals surface area contributed by atoms with Gasteiger partial charge in [0.25, 0.3) is 8.53 Å². The monoisotopic (exact) mass is 1260 g/mol. The predicted molar refractivity (Wildman–Crippen MR) is 372 cm³/mol. The van der Waals surface area contributed by atoms with Crippen molar-refractivity contribution >= 4 is 60.1 Å².